The molecular weight excluding hydrogens is 214 g/mol. The molecule has 0 saturated heterocycles. The summed E-state index contributed by atoms with van der Waals surface area (Å²) in [6.07, 6.45) is 1.45. The molecule has 0 aliphatic rings. The van der Waals surface area contributed by atoms with E-state index >= 15 is 0 Å². The summed E-state index contributed by atoms with van der Waals surface area (Å²) >= 11 is 0. The van der Waals surface area contributed by atoms with Gasteiger partial charge in [0.25, 0.3) is 0 Å². The third-order valence-corrected chi connectivity index (χ3v) is 2.44. The Balaban J connectivity index is 2.27. The van der Waals surface area contributed by atoms with Crippen molar-refractivity contribution in [3.63, 3.8) is 0 Å². The van der Waals surface area contributed by atoms with Crippen molar-refractivity contribution >= 4 is 0 Å². The van der Waals surface area contributed by atoms with Gasteiger partial charge in [0.05, 0.1) is 11.8 Å². The number of rotatable bonds is 7. The fourth-order valence-electron chi connectivity index (χ4n) is 1.63. The maximum atomic E-state index is 9.82. The van der Waals surface area contributed by atoms with Crippen molar-refractivity contribution in [2.45, 2.75) is 32.5 Å². The van der Waals surface area contributed by atoms with Crippen LogP contribution in [0.25, 0.3) is 0 Å². The average Bonchev–Trinajstić information content (AvgIpc) is 2.27. The predicted molar refractivity (Wildman–Crippen MR) is 69.7 cm³/mol. The van der Waals surface area contributed by atoms with Crippen molar-refractivity contribution in [2.24, 2.45) is 0 Å². The van der Waals surface area contributed by atoms with Crippen LogP contribution in [0.3, 0.4) is 0 Å². The molecule has 0 aromatic carbocycles. The molecule has 0 fully saturated rings. The first kappa shape index (κ1) is 14.1. The number of hydrogen-bond acceptors (Lipinski definition) is 4. The van der Waals surface area contributed by atoms with Gasteiger partial charge in [0.2, 0.25) is 0 Å². The molecule has 0 aliphatic carbocycles. The molecule has 0 bridgehead atoms. The molecule has 4 nitrogen and oxygen atoms in total. The zero-order chi connectivity index (χ0) is 12.7. The van der Waals surface area contributed by atoms with Crippen LogP contribution in [0.2, 0.25) is 0 Å². The van der Waals surface area contributed by atoms with Crippen molar-refractivity contribution in [3.8, 4) is 0 Å². The van der Waals surface area contributed by atoms with Gasteiger partial charge in [-0.2, -0.15) is 0 Å². The fourth-order valence-corrected chi connectivity index (χ4v) is 1.63. The Bertz CT molecular complexity index is 303. The Morgan fingerprint density at radius 2 is 2.18 bits per heavy atom. The van der Waals surface area contributed by atoms with Gasteiger partial charge in [-0.3, -0.25) is 9.88 Å². The van der Waals surface area contributed by atoms with Crippen molar-refractivity contribution < 1.29 is 5.11 Å². The van der Waals surface area contributed by atoms with Gasteiger partial charge in [-0.15, -0.1) is 0 Å². The second-order valence-electron chi connectivity index (χ2n) is 4.73. The smallest absolute Gasteiger partial charge is 0.0791 e. The minimum absolute atomic E-state index is 0.342. The first-order valence-electron chi connectivity index (χ1n) is 6.08. The highest BCUT2D eigenvalue weighted by Gasteiger charge is 2.09. The van der Waals surface area contributed by atoms with E-state index in [1.165, 1.54) is 0 Å². The van der Waals surface area contributed by atoms with Crippen LogP contribution in [-0.4, -0.2) is 47.3 Å². The van der Waals surface area contributed by atoms with Gasteiger partial charge in [-0.05, 0) is 19.2 Å². The van der Waals surface area contributed by atoms with Crippen LogP contribution in [0, 0.1) is 0 Å². The number of aliphatic hydroxyl groups is 1. The summed E-state index contributed by atoms with van der Waals surface area (Å²) in [4.78, 5) is 6.34. The number of aliphatic hydroxyl groups excluding tert-OH is 1. The third kappa shape index (κ3) is 6.36. The van der Waals surface area contributed by atoms with E-state index in [1.54, 1.807) is 6.20 Å². The van der Waals surface area contributed by atoms with Crippen molar-refractivity contribution in [1.82, 2.24) is 15.2 Å². The van der Waals surface area contributed by atoms with E-state index in [9.17, 15) is 5.11 Å². The van der Waals surface area contributed by atoms with Gasteiger partial charge < -0.3 is 10.4 Å². The van der Waals surface area contributed by atoms with Crippen LogP contribution in [0.1, 0.15) is 19.5 Å². The highest BCUT2D eigenvalue weighted by Crippen LogP contribution is 1.99. The third-order valence-electron chi connectivity index (χ3n) is 2.44. The molecular formula is C13H23N3O. The molecule has 1 aromatic heterocycles. The fraction of sp³-hybridized carbons (Fsp3) is 0.615. The van der Waals surface area contributed by atoms with Crippen LogP contribution in [0.5, 0.6) is 0 Å². The highest BCUT2D eigenvalue weighted by atomic mass is 16.3. The van der Waals surface area contributed by atoms with Crippen LogP contribution in [-0.2, 0) is 6.54 Å². The largest absolute Gasteiger partial charge is 0.390 e. The van der Waals surface area contributed by atoms with Crippen LogP contribution in [0.15, 0.2) is 24.4 Å². The average molecular weight is 237 g/mol. The van der Waals surface area contributed by atoms with E-state index in [0.717, 1.165) is 12.2 Å². The normalized spacial score (nSPS) is 13.3. The number of nitrogens with one attached hydrogen (secondary N) is 1. The van der Waals surface area contributed by atoms with Crippen molar-refractivity contribution in [3.05, 3.63) is 30.1 Å². The number of pyridine rings is 1. The summed E-state index contributed by atoms with van der Waals surface area (Å²) in [5, 5.41) is 13.0. The summed E-state index contributed by atoms with van der Waals surface area (Å²) in [6, 6.07) is 6.29. The SMILES string of the molecule is CC(C)NCC(O)CN(C)Cc1ccccn1. The van der Waals surface area contributed by atoms with Crippen molar-refractivity contribution in [2.75, 3.05) is 20.1 Å². The minimum Gasteiger partial charge on any atom is -0.390 e. The van der Waals surface area contributed by atoms with Gasteiger partial charge in [-0.1, -0.05) is 19.9 Å². The highest BCUT2D eigenvalue weighted by molar-refractivity contribution is 5.03. The molecule has 96 valence electrons. The minimum atomic E-state index is -0.342. The van der Waals surface area contributed by atoms with E-state index in [1.807, 2.05) is 25.2 Å². The molecule has 1 unspecified atom stereocenters. The lowest BCUT2D eigenvalue weighted by atomic mass is 10.2. The molecule has 0 aliphatic heterocycles. The predicted octanol–water partition coefficient (Wildman–Crippen LogP) is 0.872. The van der Waals surface area contributed by atoms with Gasteiger partial charge in [0.15, 0.2) is 0 Å². The molecule has 2 N–H and O–H groups in total. The van der Waals surface area contributed by atoms with Gasteiger partial charge in [0, 0.05) is 31.9 Å². The first-order valence-corrected chi connectivity index (χ1v) is 6.08. The van der Waals surface area contributed by atoms with Crippen molar-refractivity contribution in [1.29, 1.82) is 0 Å². The van der Waals surface area contributed by atoms with Crippen LogP contribution < -0.4 is 5.32 Å². The van der Waals surface area contributed by atoms with Crippen LogP contribution >= 0.6 is 0 Å². The second-order valence-corrected chi connectivity index (χ2v) is 4.73. The van der Waals surface area contributed by atoms with E-state index in [2.05, 4.69) is 29.0 Å². The lowest BCUT2D eigenvalue weighted by Crippen LogP contribution is -2.38. The molecule has 0 saturated carbocycles. The summed E-state index contributed by atoms with van der Waals surface area (Å²) < 4.78 is 0. The summed E-state index contributed by atoms with van der Waals surface area (Å²) in [6.45, 7) is 6.19. The summed E-state index contributed by atoms with van der Waals surface area (Å²) in [5.74, 6) is 0. The lowest BCUT2D eigenvalue weighted by molar-refractivity contribution is 0.119. The maximum absolute atomic E-state index is 9.82. The van der Waals surface area contributed by atoms with Gasteiger partial charge >= 0.3 is 0 Å². The van der Waals surface area contributed by atoms with E-state index < -0.39 is 0 Å². The molecule has 4 heteroatoms. The number of likely N-dealkylation sites (N-methyl/N-ethyl adjacent to an activating group) is 1. The maximum Gasteiger partial charge on any atom is 0.0791 e. The Labute approximate surface area is 104 Å². The molecule has 17 heavy (non-hydrogen) atoms. The first-order chi connectivity index (χ1) is 8.08. The van der Waals surface area contributed by atoms with Gasteiger partial charge in [0.1, 0.15) is 0 Å². The lowest BCUT2D eigenvalue weighted by Gasteiger charge is -2.21. The van der Waals surface area contributed by atoms with Crippen LogP contribution in [0.4, 0.5) is 0 Å². The summed E-state index contributed by atoms with van der Waals surface area (Å²) in [7, 11) is 1.99. The molecule has 1 aromatic rings. The zero-order valence-corrected chi connectivity index (χ0v) is 10.9. The molecule has 0 spiro atoms. The Morgan fingerprint density at radius 1 is 1.41 bits per heavy atom. The monoisotopic (exact) mass is 237 g/mol. The quantitative estimate of drug-likeness (QED) is 0.739. The topological polar surface area (TPSA) is 48.4 Å². The van der Waals surface area contributed by atoms with E-state index in [4.69, 9.17) is 0 Å². The van der Waals surface area contributed by atoms with Gasteiger partial charge in [-0.25, -0.2) is 0 Å². The molecule has 1 atom stereocenters. The molecule has 1 rings (SSSR count). The standard InChI is InChI=1S/C13H23N3O/c1-11(2)15-8-13(17)10-16(3)9-12-6-4-5-7-14-12/h4-7,11,13,15,17H,8-10H2,1-3H3. The zero-order valence-electron chi connectivity index (χ0n) is 10.9. The number of nitrogens with zero attached hydrogens (tertiary/aromatic N) is 2. The van der Waals surface area contributed by atoms with E-state index in [-0.39, 0.29) is 6.10 Å². The Kier molecular flexibility index (Phi) is 6.11. The second kappa shape index (κ2) is 7.37. The number of hydrogen-bond donors (Lipinski definition) is 2. The Hall–Kier alpha value is -0.970. The molecule has 0 radical (unpaired) electrons. The summed E-state index contributed by atoms with van der Waals surface area (Å²) in [5.41, 5.74) is 1.03. The Morgan fingerprint density at radius 3 is 2.76 bits per heavy atom. The molecule has 1 heterocycles. The molecule has 0 amide bonds. The van der Waals surface area contributed by atoms with E-state index in [0.29, 0.717) is 19.1 Å². The number of aromatic nitrogens is 1.